The molecule has 4 aromatic rings. The molecule has 0 atom stereocenters. The van der Waals surface area contributed by atoms with Crippen molar-refractivity contribution >= 4 is 26.7 Å². The fourth-order valence-electron chi connectivity index (χ4n) is 3.62. The van der Waals surface area contributed by atoms with Crippen LogP contribution in [0.25, 0.3) is 22.3 Å². The Bertz CT molecular complexity index is 1440. The van der Waals surface area contributed by atoms with Crippen LogP contribution < -0.4 is 5.32 Å². The number of carbonyl (C=O) groups is 1. The van der Waals surface area contributed by atoms with Crippen LogP contribution in [0.5, 0.6) is 0 Å². The molecular weight excluding hydrogens is 438 g/mol. The lowest BCUT2D eigenvalue weighted by atomic mass is 10.1. The second-order valence-electron chi connectivity index (χ2n) is 9.28. The summed E-state index contributed by atoms with van der Waals surface area (Å²) >= 11 is 0. The van der Waals surface area contributed by atoms with Crippen LogP contribution in [0.15, 0.2) is 63.9 Å². The Balaban J connectivity index is 1.78. The highest BCUT2D eigenvalue weighted by molar-refractivity contribution is 7.90. The molecule has 0 aliphatic carbocycles. The normalized spacial score (nSPS) is 12.3. The van der Waals surface area contributed by atoms with Crippen molar-refractivity contribution in [1.29, 1.82) is 0 Å². The number of amides is 1. The first-order valence-electron chi connectivity index (χ1n) is 10.6. The van der Waals surface area contributed by atoms with Gasteiger partial charge in [-0.05, 0) is 52.0 Å². The number of hydrogen-bond acceptors (Lipinski definition) is 5. The van der Waals surface area contributed by atoms with Crippen molar-refractivity contribution in [2.24, 2.45) is 0 Å². The zero-order valence-electron chi connectivity index (χ0n) is 19.3. The van der Waals surface area contributed by atoms with Crippen LogP contribution in [0.4, 0.5) is 0 Å². The lowest BCUT2D eigenvalue weighted by molar-refractivity contribution is 0.0913. The second kappa shape index (κ2) is 8.19. The maximum Gasteiger partial charge on any atom is 0.272 e. The molecule has 2 aromatic carbocycles. The molecule has 1 amide bonds. The molecule has 0 radical (unpaired) electrons. The molecule has 0 fully saturated rings. The van der Waals surface area contributed by atoms with E-state index in [0.29, 0.717) is 28.0 Å². The van der Waals surface area contributed by atoms with Crippen LogP contribution in [0, 0.1) is 6.92 Å². The molecular formula is C25H27N3O4S. The molecule has 4 rings (SSSR count). The van der Waals surface area contributed by atoms with Gasteiger partial charge in [0.2, 0.25) is 0 Å². The van der Waals surface area contributed by atoms with Gasteiger partial charge in [0.1, 0.15) is 17.0 Å². The van der Waals surface area contributed by atoms with Gasteiger partial charge >= 0.3 is 0 Å². The van der Waals surface area contributed by atoms with Crippen molar-refractivity contribution < 1.29 is 17.6 Å². The molecule has 0 unspecified atom stereocenters. The molecule has 0 bridgehead atoms. The Morgan fingerprint density at radius 3 is 2.42 bits per heavy atom. The fourth-order valence-corrected chi connectivity index (χ4v) is 4.32. The van der Waals surface area contributed by atoms with E-state index < -0.39 is 9.84 Å². The molecule has 0 aliphatic rings. The summed E-state index contributed by atoms with van der Waals surface area (Å²) in [7, 11) is -3.44. The van der Waals surface area contributed by atoms with Crippen LogP contribution in [0.1, 0.15) is 42.5 Å². The first-order chi connectivity index (χ1) is 15.4. The van der Waals surface area contributed by atoms with Crippen molar-refractivity contribution in [3.05, 3.63) is 71.5 Å². The third kappa shape index (κ3) is 5.01. The van der Waals surface area contributed by atoms with E-state index in [-0.39, 0.29) is 22.9 Å². The van der Waals surface area contributed by atoms with E-state index >= 15 is 0 Å². The zero-order chi connectivity index (χ0) is 24.0. The van der Waals surface area contributed by atoms with E-state index in [4.69, 9.17) is 4.42 Å². The lowest BCUT2D eigenvalue weighted by Crippen LogP contribution is -2.40. The van der Waals surface area contributed by atoms with Gasteiger partial charge in [0.25, 0.3) is 5.91 Å². The maximum absolute atomic E-state index is 12.6. The van der Waals surface area contributed by atoms with E-state index in [1.165, 1.54) is 6.26 Å². The SMILES string of the molecule is Cc1cc(C(=O)NC(C)(C)C)nn1Cc1cc(S(C)(=O)=O)cc2cc(-c3ccccc3)oc12. The minimum absolute atomic E-state index is 0.209. The van der Waals surface area contributed by atoms with Crippen molar-refractivity contribution in [2.45, 2.75) is 44.7 Å². The number of furan rings is 1. The highest BCUT2D eigenvalue weighted by Crippen LogP contribution is 2.32. The second-order valence-corrected chi connectivity index (χ2v) is 11.3. The smallest absolute Gasteiger partial charge is 0.272 e. The summed E-state index contributed by atoms with van der Waals surface area (Å²) in [6.45, 7) is 7.84. The number of hydrogen-bond donors (Lipinski definition) is 1. The van der Waals surface area contributed by atoms with Gasteiger partial charge in [0.05, 0.1) is 11.4 Å². The minimum atomic E-state index is -3.44. The Hall–Kier alpha value is -3.39. The van der Waals surface area contributed by atoms with Crippen LogP contribution in [-0.2, 0) is 16.4 Å². The van der Waals surface area contributed by atoms with Gasteiger partial charge in [-0.25, -0.2) is 8.42 Å². The number of sulfone groups is 1. The summed E-state index contributed by atoms with van der Waals surface area (Å²) in [5.74, 6) is 0.392. The van der Waals surface area contributed by atoms with Crippen LogP contribution in [0.3, 0.4) is 0 Å². The molecule has 0 saturated heterocycles. The standard InChI is InChI=1S/C25H27N3O4S/c1-16-11-21(24(29)26-25(2,3)4)27-28(16)15-19-13-20(33(5,30)31)12-18-14-22(32-23(18)19)17-9-7-6-8-10-17/h6-14H,15H2,1-5H3,(H,26,29). The average Bonchev–Trinajstić information content (AvgIpc) is 3.31. The van der Waals surface area contributed by atoms with Crippen LogP contribution >= 0.6 is 0 Å². The van der Waals surface area contributed by atoms with Crippen molar-refractivity contribution in [1.82, 2.24) is 15.1 Å². The number of rotatable bonds is 5. The number of benzene rings is 2. The molecule has 0 saturated carbocycles. The monoisotopic (exact) mass is 465 g/mol. The Kier molecular flexibility index (Phi) is 5.66. The molecule has 33 heavy (non-hydrogen) atoms. The highest BCUT2D eigenvalue weighted by atomic mass is 32.2. The average molecular weight is 466 g/mol. The number of aryl methyl sites for hydroxylation is 1. The van der Waals surface area contributed by atoms with Crippen molar-refractivity contribution in [3.8, 4) is 11.3 Å². The van der Waals surface area contributed by atoms with Gasteiger partial charge in [0, 0.05) is 34.0 Å². The lowest BCUT2D eigenvalue weighted by Gasteiger charge is -2.19. The summed E-state index contributed by atoms with van der Waals surface area (Å²) < 4.78 is 32.5. The van der Waals surface area contributed by atoms with E-state index in [0.717, 1.165) is 11.3 Å². The number of nitrogens with one attached hydrogen (secondary N) is 1. The molecule has 172 valence electrons. The summed E-state index contributed by atoms with van der Waals surface area (Å²) in [6.07, 6.45) is 1.18. The van der Waals surface area contributed by atoms with Gasteiger partial charge in [-0.3, -0.25) is 9.48 Å². The first kappa shape index (κ1) is 22.8. The summed E-state index contributed by atoms with van der Waals surface area (Å²) in [5, 5.41) is 8.07. The third-order valence-electron chi connectivity index (χ3n) is 5.18. The predicted molar refractivity (Wildman–Crippen MR) is 128 cm³/mol. The molecule has 8 heteroatoms. The highest BCUT2D eigenvalue weighted by Gasteiger charge is 2.21. The van der Waals surface area contributed by atoms with E-state index in [2.05, 4.69) is 10.4 Å². The quantitative estimate of drug-likeness (QED) is 0.465. The van der Waals surface area contributed by atoms with Gasteiger partial charge in [-0.15, -0.1) is 0 Å². The maximum atomic E-state index is 12.6. The van der Waals surface area contributed by atoms with Crippen LogP contribution in [0.2, 0.25) is 0 Å². The van der Waals surface area contributed by atoms with E-state index in [9.17, 15) is 13.2 Å². The molecule has 0 spiro atoms. The molecule has 7 nitrogen and oxygen atoms in total. The van der Waals surface area contributed by atoms with Gasteiger partial charge < -0.3 is 9.73 Å². The molecule has 1 N–H and O–H groups in total. The van der Waals surface area contributed by atoms with Crippen molar-refractivity contribution in [3.63, 3.8) is 0 Å². The number of nitrogens with zero attached hydrogens (tertiary/aromatic N) is 2. The third-order valence-corrected chi connectivity index (χ3v) is 6.27. The van der Waals surface area contributed by atoms with E-state index in [1.807, 2.05) is 64.1 Å². The topological polar surface area (TPSA) is 94.2 Å². The Labute approximate surface area is 193 Å². The van der Waals surface area contributed by atoms with Gasteiger partial charge in [-0.1, -0.05) is 30.3 Å². The molecule has 2 aromatic heterocycles. The number of carbonyl (C=O) groups excluding carboxylic acids is 1. The van der Waals surface area contributed by atoms with Crippen molar-refractivity contribution in [2.75, 3.05) is 6.26 Å². The molecule has 0 aliphatic heterocycles. The molecule has 2 heterocycles. The number of aromatic nitrogens is 2. The first-order valence-corrected chi connectivity index (χ1v) is 12.5. The largest absolute Gasteiger partial charge is 0.456 e. The summed E-state index contributed by atoms with van der Waals surface area (Å²) in [5.41, 5.74) is 2.87. The summed E-state index contributed by atoms with van der Waals surface area (Å²) in [4.78, 5) is 12.8. The zero-order valence-corrected chi connectivity index (χ0v) is 20.2. The predicted octanol–water partition coefficient (Wildman–Crippen LogP) is 4.58. The van der Waals surface area contributed by atoms with Gasteiger partial charge in [0.15, 0.2) is 9.84 Å². The number of fused-ring (bicyclic) bond motifs is 1. The van der Waals surface area contributed by atoms with Crippen LogP contribution in [-0.4, -0.2) is 35.9 Å². The Morgan fingerprint density at radius 1 is 1.09 bits per heavy atom. The van der Waals surface area contributed by atoms with E-state index in [1.54, 1.807) is 22.9 Å². The fraction of sp³-hybridized carbons (Fsp3) is 0.280. The minimum Gasteiger partial charge on any atom is -0.456 e. The Morgan fingerprint density at radius 2 is 1.79 bits per heavy atom. The van der Waals surface area contributed by atoms with Gasteiger partial charge in [-0.2, -0.15) is 5.10 Å². The summed E-state index contributed by atoms with van der Waals surface area (Å²) in [6, 6.07) is 16.4.